The quantitative estimate of drug-likeness (QED) is 0.598. The number of amides is 1. The lowest BCUT2D eigenvalue weighted by atomic mass is 10.2. The van der Waals surface area contributed by atoms with Gasteiger partial charge >= 0.3 is 0 Å². The van der Waals surface area contributed by atoms with Gasteiger partial charge < -0.3 is 10.1 Å². The molecule has 0 spiro atoms. The first-order chi connectivity index (χ1) is 13.9. The fraction of sp³-hybridized carbons (Fsp3) is 0.190. The van der Waals surface area contributed by atoms with E-state index in [1.165, 1.54) is 36.4 Å². The van der Waals surface area contributed by atoms with E-state index in [4.69, 9.17) is 4.74 Å². The summed E-state index contributed by atoms with van der Waals surface area (Å²) in [6, 6.07) is 13.6. The predicted octanol–water partition coefficient (Wildman–Crippen LogP) is 4.24. The van der Waals surface area contributed by atoms with Crippen LogP contribution < -0.4 is 15.6 Å². The molecule has 0 fully saturated rings. The number of nitrogens with one attached hydrogen (secondary N) is 1. The number of nitrogens with zero attached hydrogens (tertiary/aromatic N) is 2. The van der Waals surface area contributed by atoms with Crippen molar-refractivity contribution < 1.29 is 13.9 Å². The molecule has 8 heteroatoms. The van der Waals surface area contributed by atoms with E-state index in [1.54, 1.807) is 6.07 Å². The number of hydrogen-bond acceptors (Lipinski definition) is 4. The molecule has 1 atom stereocenters. The second-order valence-corrected chi connectivity index (χ2v) is 7.24. The highest BCUT2D eigenvalue weighted by Crippen LogP contribution is 2.24. The van der Waals surface area contributed by atoms with E-state index in [2.05, 4.69) is 26.3 Å². The van der Waals surface area contributed by atoms with Crippen LogP contribution >= 0.6 is 15.9 Å². The van der Waals surface area contributed by atoms with Crippen LogP contribution in [0.4, 0.5) is 10.1 Å². The van der Waals surface area contributed by atoms with Gasteiger partial charge in [-0.2, -0.15) is 4.68 Å². The van der Waals surface area contributed by atoms with Crippen LogP contribution in [0, 0.1) is 12.7 Å². The first kappa shape index (κ1) is 20.7. The number of rotatable bonds is 6. The van der Waals surface area contributed by atoms with E-state index in [9.17, 15) is 14.0 Å². The van der Waals surface area contributed by atoms with Crippen molar-refractivity contribution in [3.63, 3.8) is 0 Å². The normalized spacial score (nSPS) is 11.7. The van der Waals surface area contributed by atoms with Gasteiger partial charge in [-0.15, -0.1) is 5.10 Å². The Hall–Kier alpha value is -3.00. The molecule has 150 valence electrons. The number of carbonyl (C=O) groups excluding carboxylic acids is 1. The van der Waals surface area contributed by atoms with Gasteiger partial charge in [0.1, 0.15) is 5.82 Å². The number of hydrogen-bond donors (Lipinski definition) is 1. The van der Waals surface area contributed by atoms with Gasteiger partial charge in [0.25, 0.3) is 11.5 Å². The molecule has 3 rings (SSSR count). The van der Waals surface area contributed by atoms with E-state index < -0.39 is 17.5 Å². The van der Waals surface area contributed by atoms with E-state index in [0.29, 0.717) is 17.8 Å². The maximum absolute atomic E-state index is 13.1. The summed E-state index contributed by atoms with van der Waals surface area (Å²) >= 11 is 3.43. The third kappa shape index (κ3) is 5.08. The Kier molecular flexibility index (Phi) is 6.43. The van der Waals surface area contributed by atoms with Crippen LogP contribution in [0.25, 0.3) is 5.69 Å². The highest BCUT2D eigenvalue weighted by molar-refractivity contribution is 9.10. The van der Waals surface area contributed by atoms with Crippen molar-refractivity contribution in [2.45, 2.75) is 26.4 Å². The zero-order valence-electron chi connectivity index (χ0n) is 15.9. The maximum atomic E-state index is 13.1. The summed E-state index contributed by atoms with van der Waals surface area (Å²) in [5.41, 5.74) is 1.69. The number of ether oxygens (including phenoxy) is 1. The van der Waals surface area contributed by atoms with Crippen LogP contribution in [0.15, 0.2) is 63.9 Å². The third-order valence-corrected chi connectivity index (χ3v) is 4.81. The van der Waals surface area contributed by atoms with Gasteiger partial charge in [0.05, 0.1) is 11.4 Å². The van der Waals surface area contributed by atoms with Crippen molar-refractivity contribution in [1.29, 1.82) is 0 Å². The number of aromatic nitrogens is 2. The molecule has 1 N–H and O–H groups in total. The predicted molar refractivity (Wildman–Crippen MR) is 112 cm³/mol. The zero-order chi connectivity index (χ0) is 21.0. The van der Waals surface area contributed by atoms with E-state index >= 15 is 0 Å². The molecule has 0 aliphatic heterocycles. The molecule has 0 aliphatic rings. The lowest BCUT2D eigenvalue weighted by Crippen LogP contribution is -2.33. The summed E-state index contributed by atoms with van der Waals surface area (Å²) in [7, 11) is 0. The second kappa shape index (κ2) is 9.00. The van der Waals surface area contributed by atoms with Gasteiger partial charge in [0.15, 0.2) is 6.10 Å². The number of halogens is 2. The Morgan fingerprint density at radius 3 is 2.59 bits per heavy atom. The van der Waals surface area contributed by atoms with Crippen LogP contribution in [-0.2, 0) is 4.79 Å². The zero-order valence-corrected chi connectivity index (χ0v) is 17.4. The topological polar surface area (TPSA) is 73.2 Å². The molecule has 0 saturated heterocycles. The van der Waals surface area contributed by atoms with Gasteiger partial charge in [-0.25, -0.2) is 4.39 Å². The van der Waals surface area contributed by atoms with Crippen LogP contribution in [-0.4, -0.2) is 21.8 Å². The van der Waals surface area contributed by atoms with Crippen molar-refractivity contribution in [3.8, 4) is 11.6 Å². The van der Waals surface area contributed by atoms with Crippen LogP contribution in [0.5, 0.6) is 5.88 Å². The number of benzene rings is 2. The van der Waals surface area contributed by atoms with Crippen LogP contribution in [0.1, 0.15) is 18.9 Å². The second-order valence-electron chi connectivity index (χ2n) is 6.39. The summed E-state index contributed by atoms with van der Waals surface area (Å²) in [6.45, 7) is 3.76. The lowest BCUT2D eigenvalue weighted by molar-refractivity contribution is -0.123. The van der Waals surface area contributed by atoms with Gasteiger partial charge in [0, 0.05) is 16.6 Å². The molecular formula is C21H19BrFN3O3. The first-order valence-electron chi connectivity index (χ1n) is 8.97. The minimum atomic E-state index is -0.810. The monoisotopic (exact) mass is 459 g/mol. The number of carbonyl (C=O) groups is 1. The summed E-state index contributed by atoms with van der Waals surface area (Å²) in [4.78, 5) is 24.8. The van der Waals surface area contributed by atoms with Crippen molar-refractivity contribution in [2.75, 3.05) is 5.32 Å². The molecule has 1 heterocycles. The number of aryl methyl sites for hydroxylation is 1. The largest absolute Gasteiger partial charge is 0.463 e. The molecule has 6 nitrogen and oxygen atoms in total. The van der Waals surface area contributed by atoms with E-state index in [1.807, 2.05) is 26.0 Å². The van der Waals surface area contributed by atoms with Crippen LogP contribution in [0.3, 0.4) is 0 Å². The van der Waals surface area contributed by atoms with E-state index in [0.717, 1.165) is 14.7 Å². The molecule has 0 saturated carbocycles. The first-order valence-corrected chi connectivity index (χ1v) is 9.76. The third-order valence-electron chi connectivity index (χ3n) is 4.16. The SMILES string of the molecule is CCC(Oc1ccc(=O)n(-c2ccc(F)cc2)n1)C(=O)Nc1ccc(C)cc1Br. The average Bonchev–Trinajstić information content (AvgIpc) is 2.70. The molecule has 1 aromatic heterocycles. The van der Waals surface area contributed by atoms with Crippen molar-refractivity contribution in [2.24, 2.45) is 0 Å². The molecular weight excluding hydrogens is 441 g/mol. The maximum Gasteiger partial charge on any atom is 0.271 e. The molecule has 0 bridgehead atoms. The minimum Gasteiger partial charge on any atom is -0.463 e. The Morgan fingerprint density at radius 2 is 1.93 bits per heavy atom. The fourth-order valence-corrected chi connectivity index (χ4v) is 3.22. The Labute approximate surface area is 175 Å². The molecule has 0 radical (unpaired) electrons. The van der Waals surface area contributed by atoms with Gasteiger partial charge in [-0.3, -0.25) is 9.59 Å². The standard InChI is InChI=1S/C21H19BrFN3O3/c1-3-18(21(28)24-17-9-4-13(2)12-16(17)22)29-19-10-11-20(27)26(25-19)15-7-5-14(23)6-8-15/h4-12,18H,3H2,1-2H3,(H,24,28). The Bertz CT molecular complexity index is 1080. The van der Waals surface area contributed by atoms with Crippen LogP contribution in [0.2, 0.25) is 0 Å². The molecule has 0 aliphatic carbocycles. The molecule has 3 aromatic rings. The summed E-state index contributed by atoms with van der Waals surface area (Å²) in [5.74, 6) is -0.642. The van der Waals surface area contributed by atoms with Gasteiger partial charge in [-0.1, -0.05) is 13.0 Å². The van der Waals surface area contributed by atoms with Gasteiger partial charge in [-0.05, 0) is 71.2 Å². The molecule has 29 heavy (non-hydrogen) atoms. The van der Waals surface area contributed by atoms with E-state index in [-0.39, 0.29) is 11.8 Å². The Balaban J connectivity index is 1.79. The van der Waals surface area contributed by atoms with Crippen molar-refractivity contribution in [3.05, 3.63) is 80.8 Å². The summed E-state index contributed by atoms with van der Waals surface area (Å²) in [6.07, 6.45) is -0.415. The summed E-state index contributed by atoms with van der Waals surface area (Å²) < 4.78 is 20.7. The summed E-state index contributed by atoms with van der Waals surface area (Å²) in [5, 5.41) is 6.97. The smallest absolute Gasteiger partial charge is 0.271 e. The molecule has 2 aromatic carbocycles. The van der Waals surface area contributed by atoms with Crippen molar-refractivity contribution >= 4 is 27.5 Å². The Morgan fingerprint density at radius 1 is 1.21 bits per heavy atom. The average molecular weight is 460 g/mol. The fourth-order valence-electron chi connectivity index (χ4n) is 2.63. The molecule has 1 unspecified atom stereocenters. The highest BCUT2D eigenvalue weighted by Gasteiger charge is 2.20. The lowest BCUT2D eigenvalue weighted by Gasteiger charge is -2.18. The minimum absolute atomic E-state index is 0.110. The van der Waals surface area contributed by atoms with Crippen molar-refractivity contribution in [1.82, 2.24) is 9.78 Å². The number of anilines is 1. The highest BCUT2D eigenvalue weighted by atomic mass is 79.9. The molecule has 1 amide bonds. The van der Waals surface area contributed by atoms with Gasteiger partial charge in [0.2, 0.25) is 5.88 Å².